The molecule has 1 atom stereocenters. The normalized spacial score (nSPS) is 11.5. The Kier molecular flexibility index (Phi) is 6.73. The first kappa shape index (κ1) is 18.7. The number of ether oxygens (including phenoxy) is 1. The van der Waals surface area contributed by atoms with E-state index in [4.69, 9.17) is 21.4 Å². The van der Waals surface area contributed by atoms with Crippen LogP contribution in [0.3, 0.4) is 0 Å². The molecular formula is C17H18ClN3O4. The van der Waals surface area contributed by atoms with Crippen molar-refractivity contribution >= 4 is 35.0 Å². The molecule has 0 aliphatic rings. The van der Waals surface area contributed by atoms with Gasteiger partial charge in [-0.15, -0.1) is 0 Å². The molecule has 0 bridgehead atoms. The minimum absolute atomic E-state index is 0.0731. The van der Waals surface area contributed by atoms with Crippen LogP contribution in [0.15, 0.2) is 42.6 Å². The van der Waals surface area contributed by atoms with Gasteiger partial charge in [-0.05, 0) is 31.2 Å². The monoisotopic (exact) mass is 363 g/mol. The SMILES string of the molecule is C[C@H](OC(=O)c1ccccc1NCCO)C(=O)Nc1ccc(Cl)cn1. The number of amides is 1. The van der Waals surface area contributed by atoms with Gasteiger partial charge in [-0.1, -0.05) is 23.7 Å². The van der Waals surface area contributed by atoms with Crippen molar-refractivity contribution in [2.75, 3.05) is 23.8 Å². The number of nitrogens with one attached hydrogen (secondary N) is 2. The molecule has 0 radical (unpaired) electrons. The Bertz CT molecular complexity index is 737. The van der Waals surface area contributed by atoms with Gasteiger partial charge in [0.25, 0.3) is 5.91 Å². The second-order valence-corrected chi connectivity index (χ2v) is 5.53. The van der Waals surface area contributed by atoms with Gasteiger partial charge in [0.1, 0.15) is 5.82 Å². The number of pyridine rings is 1. The van der Waals surface area contributed by atoms with E-state index >= 15 is 0 Å². The van der Waals surface area contributed by atoms with E-state index in [1.54, 1.807) is 36.4 Å². The lowest BCUT2D eigenvalue weighted by atomic mass is 10.1. The van der Waals surface area contributed by atoms with Gasteiger partial charge in [0.2, 0.25) is 0 Å². The Labute approximate surface area is 150 Å². The average molecular weight is 364 g/mol. The van der Waals surface area contributed by atoms with Gasteiger partial charge in [-0.25, -0.2) is 9.78 Å². The number of hydrogen-bond donors (Lipinski definition) is 3. The summed E-state index contributed by atoms with van der Waals surface area (Å²) in [6.45, 7) is 1.69. The van der Waals surface area contributed by atoms with E-state index in [1.165, 1.54) is 13.1 Å². The van der Waals surface area contributed by atoms with Crippen molar-refractivity contribution in [2.45, 2.75) is 13.0 Å². The van der Waals surface area contributed by atoms with Gasteiger partial charge in [0.15, 0.2) is 6.10 Å². The number of rotatable bonds is 7. The molecule has 7 nitrogen and oxygen atoms in total. The quantitative estimate of drug-likeness (QED) is 0.653. The number of anilines is 2. The molecule has 0 unspecified atom stereocenters. The number of halogens is 1. The molecule has 1 heterocycles. The molecule has 0 saturated heterocycles. The summed E-state index contributed by atoms with van der Waals surface area (Å²) >= 11 is 5.73. The van der Waals surface area contributed by atoms with E-state index in [-0.39, 0.29) is 12.2 Å². The Morgan fingerprint density at radius 3 is 2.72 bits per heavy atom. The molecule has 2 rings (SSSR count). The predicted octanol–water partition coefficient (Wildman–Crippen LogP) is 2.32. The molecule has 3 N–H and O–H groups in total. The van der Waals surface area contributed by atoms with Crippen molar-refractivity contribution < 1.29 is 19.4 Å². The maximum absolute atomic E-state index is 12.3. The molecule has 8 heteroatoms. The van der Waals surface area contributed by atoms with Gasteiger partial charge in [-0.3, -0.25) is 4.79 Å². The van der Waals surface area contributed by atoms with Crippen LogP contribution in [-0.2, 0) is 9.53 Å². The molecule has 0 saturated carbocycles. The van der Waals surface area contributed by atoms with Crippen LogP contribution in [0, 0.1) is 0 Å². The predicted molar refractivity (Wildman–Crippen MR) is 94.8 cm³/mol. The number of benzene rings is 1. The van der Waals surface area contributed by atoms with Crippen LogP contribution < -0.4 is 10.6 Å². The third kappa shape index (κ3) is 5.44. The summed E-state index contributed by atoms with van der Waals surface area (Å²) in [4.78, 5) is 28.4. The van der Waals surface area contributed by atoms with Crippen molar-refractivity contribution in [1.29, 1.82) is 0 Å². The zero-order valence-electron chi connectivity index (χ0n) is 13.5. The number of aliphatic hydroxyl groups excluding tert-OH is 1. The highest BCUT2D eigenvalue weighted by atomic mass is 35.5. The van der Waals surface area contributed by atoms with E-state index < -0.39 is 18.0 Å². The number of nitrogens with zero attached hydrogens (tertiary/aromatic N) is 1. The van der Waals surface area contributed by atoms with Crippen molar-refractivity contribution in [3.05, 3.63) is 53.2 Å². The first-order valence-electron chi connectivity index (χ1n) is 7.58. The minimum atomic E-state index is -1.02. The first-order chi connectivity index (χ1) is 12.0. The summed E-state index contributed by atoms with van der Waals surface area (Å²) in [6, 6.07) is 9.83. The van der Waals surface area contributed by atoms with E-state index in [9.17, 15) is 9.59 Å². The topological polar surface area (TPSA) is 101 Å². The smallest absolute Gasteiger partial charge is 0.341 e. The number of carbonyl (C=O) groups is 2. The second-order valence-electron chi connectivity index (χ2n) is 5.09. The van der Waals surface area contributed by atoms with Gasteiger partial charge in [0, 0.05) is 18.4 Å². The Balaban J connectivity index is 1.99. The van der Waals surface area contributed by atoms with Crippen molar-refractivity contribution in [3.63, 3.8) is 0 Å². The van der Waals surface area contributed by atoms with E-state index in [0.717, 1.165) is 0 Å². The van der Waals surface area contributed by atoms with Gasteiger partial charge >= 0.3 is 5.97 Å². The summed E-state index contributed by atoms with van der Waals surface area (Å²) in [6.07, 6.45) is 0.382. The van der Waals surface area contributed by atoms with Gasteiger partial charge in [0.05, 0.1) is 17.2 Å². The third-order valence-corrected chi connectivity index (χ3v) is 3.43. The summed E-state index contributed by atoms with van der Waals surface area (Å²) < 4.78 is 5.21. The largest absolute Gasteiger partial charge is 0.449 e. The van der Waals surface area contributed by atoms with Crippen LogP contribution in [0.1, 0.15) is 17.3 Å². The van der Waals surface area contributed by atoms with Crippen LogP contribution in [0.5, 0.6) is 0 Å². The fourth-order valence-corrected chi connectivity index (χ4v) is 2.07. The molecule has 0 aliphatic heterocycles. The third-order valence-electron chi connectivity index (χ3n) is 3.21. The molecule has 25 heavy (non-hydrogen) atoms. The van der Waals surface area contributed by atoms with Crippen molar-refractivity contribution in [3.8, 4) is 0 Å². The zero-order chi connectivity index (χ0) is 18.2. The Morgan fingerprint density at radius 1 is 1.28 bits per heavy atom. The molecule has 0 fully saturated rings. The maximum atomic E-state index is 12.3. The number of aliphatic hydroxyl groups is 1. The van der Waals surface area contributed by atoms with Crippen LogP contribution in [0.25, 0.3) is 0 Å². The van der Waals surface area contributed by atoms with Crippen LogP contribution in [0.4, 0.5) is 11.5 Å². The molecule has 132 valence electrons. The number of aromatic nitrogens is 1. The number of para-hydroxylation sites is 1. The van der Waals surface area contributed by atoms with Crippen LogP contribution >= 0.6 is 11.6 Å². The van der Waals surface area contributed by atoms with E-state index in [1.807, 2.05) is 0 Å². The average Bonchev–Trinajstić information content (AvgIpc) is 2.62. The van der Waals surface area contributed by atoms with Crippen LogP contribution in [0.2, 0.25) is 5.02 Å². The van der Waals surface area contributed by atoms with Crippen LogP contribution in [-0.4, -0.2) is 41.2 Å². The fourth-order valence-electron chi connectivity index (χ4n) is 1.96. The Morgan fingerprint density at radius 2 is 2.04 bits per heavy atom. The Hall–Kier alpha value is -2.64. The number of esters is 1. The number of carbonyl (C=O) groups excluding carboxylic acids is 2. The molecule has 1 aromatic heterocycles. The summed E-state index contributed by atoms with van der Waals surface area (Å²) in [5.74, 6) is -0.848. The summed E-state index contributed by atoms with van der Waals surface area (Å²) in [7, 11) is 0. The highest BCUT2D eigenvalue weighted by molar-refractivity contribution is 6.30. The standard InChI is InChI=1S/C17H18ClN3O4/c1-11(16(23)21-15-7-6-12(18)10-20-15)25-17(24)13-4-2-3-5-14(13)19-8-9-22/h2-7,10-11,19,22H,8-9H2,1H3,(H,20,21,23)/t11-/m0/s1. The molecule has 0 spiro atoms. The minimum Gasteiger partial charge on any atom is -0.449 e. The lowest BCUT2D eigenvalue weighted by Gasteiger charge is -2.15. The van der Waals surface area contributed by atoms with Gasteiger partial charge in [-0.2, -0.15) is 0 Å². The van der Waals surface area contributed by atoms with Crippen molar-refractivity contribution in [2.24, 2.45) is 0 Å². The fraction of sp³-hybridized carbons (Fsp3) is 0.235. The molecule has 2 aromatic rings. The van der Waals surface area contributed by atoms with Crippen molar-refractivity contribution in [1.82, 2.24) is 4.98 Å². The van der Waals surface area contributed by atoms with E-state index in [2.05, 4.69) is 15.6 Å². The number of hydrogen-bond acceptors (Lipinski definition) is 6. The molecular weight excluding hydrogens is 346 g/mol. The summed E-state index contributed by atoms with van der Waals surface area (Å²) in [5, 5.41) is 14.8. The highest BCUT2D eigenvalue weighted by Crippen LogP contribution is 2.17. The molecule has 1 amide bonds. The molecule has 1 aromatic carbocycles. The lowest BCUT2D eigenvalue weighted by molar-refractivity contribution is -0.123. The first-order valence-corrected chi connectivity index (χ1v) is 7.96. The van der Waals surface area contributed by atoms with E-state index in [0.29, 0.717) is 23.1 Å². The second kappa shape index (κ2) is 9.00. The zero-order valence-corrected chi connectivity index (χ0v) is 14.3. The maximum Gasteiger partial charge on any atom is 0.341 e. The molecule has 0 aliphatic carbocycles. The highest BCUT2D eigenvalue weighted by Gasteiger charge is 2.21. The summed E-state index contributed by atoms with van der Waals surface area (Å²) in [5.41, 5.74) is 0.800. The van der Waals surface area contributed by atoms with Gasteiger partial charge < -0.3 is 20.5 Å². The lowest BCUT2D eigenvalue weighted by Crippen LogP contribution is -2.30.